The van der Waals surface area contributed by atoms with Crippen LogP contribution in [0.4, 0.5) is 0 Å². The van der Waals surface area contributed by atoms with Crippen LogP contribution in [0.3, 0.4) is 0 Å². The molecule has 1 aromatic carbocycles. The van der Waals surface area contributed by atoms with Crippen LogP contribution in [0.2, 0.25) is 0 Å². The molecular weight excluding hydrogens is 398 g/mol. The van der Waals surface area contributed by atoms with Gasteiger partial charge in [0.1, 0.15) is 0 Å². The van der Waals surface area contributed by atoms with Crippen LogP contribution >= 0.6 is 11.8 Å². The first-order valence-corrected chi connectivity index (χ1v) is 11.1. The van der Waals surface area contributed by atoms with Crippen LogP contribution in [0, 0.1) is 17.2 Å². The predicted octanol–water partition coefficient (Wildman–Crippen LogP) is 4.02. The summed E-state index contributed by atoms with van der Waals surface area (Å²) in [6.07, 6.45) is 2.23. The summed E-state index contributed by atoms with van der Waals surface area (Å²) in [5.41, 5.74) is 2.99. The highest BCUT2D eigenvalue weighted by Crippen LogP contribution is 2.37. The third-order valence-corrected chi connectivity index (χ3v) is 6.48. The Labute approximate surface area is 181 Å². The maximum atomic E-state index is 12.5. The van der Waals surface area contributed by atoms with Gasteiger partial charge in [-0.2, -0.15) is 5.26 Å². The lowest BCUT2D eigenvalue weighted by Gasteiger charge is -2.29. The Morgan fingerprint density at radius 3 is 2.40 bits per heavy atom. The topological polar surface area (TPSA) is 90.3 Å². The van der Waals surface area contributed by atoms with Crippen LogP contribution in [-0.4, -0.2) is 34.8 Å². The highest BCUT2D eigenvalue weighted by molar-refractivity contribution is 8.03. The van der Waals surface area contributed by atoms with E-state index in [1.807, 2.05) is 13.8 Å². The Bertz CT molecular complexity index is 968. The molecule has 0 aromatic heterocycles. The van der Waals surface area contributed by atoms with E-state index in [4.69, 9.17) is 0 Å². The van der Waals surface area contributed by atoms with Crippen molar-refractivity contribution in [3.63, 3.8) is 0 Å². The second-order valence-electron chi connectivity index (χ2n) is 7.43. The fourth-order valence-electron chi connectivity index (χ4n) is 4.04. The van der Waals surface area contributed by atoms with Crippen molar-refractivity contribution in [2.24, 2.45) is 5.92 Å². The van der Waals surface area contributed by atoms with E-state index in [1.54, 1.807) is 31.2 Å². The molecule has 3 rings (SSSR count). The average Bonchev–Trinajstić information content (AvgIpc) is 2.96. The van der Waals surface area contributed by atoms with Gasteiger partial charge in [-0.25, -0.2) is 0 Å². The van der Waals surface area contributed by atoms with Gasteiger partial charge < -0.3 is 5.32 Å². The summed E-state index contributed by atoms with van der Waals surface area (Å²) in [5, 5.41) is 13.7. The fraction of sp³-hybridized carbons (Fsp3) is 0.391. The Hall–Kier alpha value is -2.85. The Balaban J connectivity index is 1.65. The number of fused-ring (bicyclic) bond motifs is 1. The normalized spacial score (nSPS) is 18.5. The van der Waals surface area contributed by atoms with E-state index in [1.165, 1.54) is 16.7 Å². The lowest BCUT2D eigenvalue weighted by Crippen LogP contribution is -2.31. The van der Waals surface area contributed by atoms with Crippen molar-refractivity contribution in [2.75, 3.05) is 12.3 Å². The molecule has 0 bridgehead atoms. The van der Waals surface area contributed by atoms with E-state index in [0.29, 0.717) is 41.0 Å². The molecule has 0 fully saturated rings. The molecule has 0 unspecified atom stereocenters. The quantitative estimate of drug-likeness (QED) is 0.502. The van der Waals surface area contributed by atoms with Gasteiger partial charge in [-0.3, -0.25) is 19.3 Å². The minimum absolute atomic E-state index is 0.0131. The summed E-state index contributed by atoms with van der Waals surface area (Å²) in [4.78, 5) is 38.3. The number of benzene rings is 1. The van der Waals surface area contributed by atoms with Crippen LogP contribution in [-0.2, 0) is 4.79 Å². The van der Waals surface area contributed by atoms with E-state index in [0.717, 1.165) is 23.6 Å². The lowest BCUT2D eigenvalue weighted by atomic mass is 9.83. The molecule has 0 saturated heterocycles. The van der Waals surface area contributed by atoms with E-state index >= 15 is 0 Å². The Morgan fingerprint density at radius 2 is 1.87 bits per heavy atom. The first kappa shape index (κ1) is 21.8. The number of nitrogens with zero attached hydrogens (tertiary/aromatic N) is 2. The monoisotopic (exact) mass is 423 g/mol. The third-order valence-electron chi connectivity index (χ3n) is 5.37. The number of ketones is 1. The number of Topliss-reactive ketones (excluding diaryl/α,β-unsaturated/α-hetero) is 1. The van der Waals surface area contributed by atoms with Crippen LogP contribution in [0.1, 0.15) is 60.7 Å². The molecular formula is C23H25N3O3S. The number of hydrogen-bond donors (Lipinski definition) is 1. The summed E-state index contributed by atoms with van der Waals surface area (Å²) < 4.78 is 0. The zero-order valence-electron chi connectivity index (χ0n) is 17.4. The molecule has 2 amide bonds. The number of nitrogens with one attached hydrogen (secondary N) is 1. The molecule has 2 heterocycles. The standard InChI is InChI=1S/C23H25N3O3S/c1-4-8-16-19(13-24)21(25-14(2)20(16)15(3)27)30-12-7-11-26-22(28)17-9-5-6-10-18(17)23(26)29/h5-6,9-10,16,25H,4,7-8,11-12H2,1-3H3/t16-/m1/s1. The molecule has 0 spiro atoms. The summed E-state index contributed by atoms with van der Waals surface area (Å²) in [6.45, 7) is 5.78. The largest absolute Gasteiger partial charge is 0.353 e. The third kappa shape index (κ3) is 4.05. The van der Waals surface area contributed by atoms with Gasteiger partial charge in [-0.1, -0.05) is 25.5 Å². The minimum atomic E-state index is -0.249. The maximum Gasteiger partial charge on any atom is 0.261 e. The number of imide groups is 1. The summed E-state index contributed by atoms with van der Waals surface area (Å²) >= 11 is 1.50. The van der Waals surface area contributed by atoms with Crippen molar-refractivity contribution >= 4 is 29.4 Å². The smallest absolute Gasteiger partial charge is 0.261 e. The summed E-state index contributed by atoms with van der Waals surface area (Å²) in [6, 6.07) is 9.16. The van der Waals surface area contributed by atoms with Crippen LogP contribution in [0.5, 0.6) is 0 Å². The van der Waals surface area contributed by atoms with Gasteiger partial charge >= 0.3 is 0 Å². The van der Waals surface area contributed by atoms with Gasteiger partial charge in [0.2, 0.25) is 0 Å². The lowest BCUT2D eigenvalue weighted by molar-refractivity contribution is -0.114. The van der Waals surface area contributed by atoms with Crippen molar-refractivity contribution in [2.45, 2.75) is 40.0 Å². The molecule has 0 radical (unpaired) electrons. The molecule has 1 atom stereocenters. The van der Waals surface area contributed by atoms with Crippen molar-refractivity contribution in [3.05, 3.63) is 57.3 Å². The number of nitriles is 1. The number of allylic oxidation sites excluding steroid dienone is 3. The highest BCUT2D eigenvalue weighted by Gasteiger charge is 2.35. The second-order valence-corrected chi connectivity index (χ2v) is 8.53. The van der Waals surface area contributed by atoms with Gasteiger partial charge in [0.15, 0.2) is 5.78 Å². The van der Waals surface area contributed by atoms with Crippen LogP contribution in [0.25, 0.3) is 0 Å². The van der Waals surface area contributed by atoms with Crippen molar-refractivity contribution in [1.82, 2.24) is 10.2 Å². The van der Waals surface area contributed by atoms with E-state index in [2.05, 4.69) is 11.4 Å². The maximum absolute atomic E-state index is 12.5. The molecule has 0 saturated carbocycles. The molecule has 30 heavy (non-hydrogen) atoms. The van der Waals surface area contributed by atoms with E-state index in [9.17, 15) is 19.6 Å². The molecule has 1 aromatic rings. The first-order valence-electron chi connectivity index (χ1n) is 10.1. The van der Waals surface area contributed by atoms with Gasteiger partial charge in [-0.15, -0.1) is 11.8 Å². The van der Waals surface area contributed by atoms with Gasteiger partial charge in [-0.05, 0) is 38.8 Å². The molecule has 0 aliphatic carbocycles. The van der Waals surface area contributed by atoms with Crippen molar-refractivity contribution in [3.8, 4) is 6.07 Å². The predicted molar refractivity (Wildman–Crippen MR) is 116 cm³/mol. The van der Waals surface area contributed by atoms with Gasteiger partial charge in [0.25, 0.3) is 11.8 Å². The average molecular weight is 424 g/mol. The number of carbonyl (C=O) groups is 3. The zero-order chi connectivity index (χ0) is 21.8. The van der Waals surface area contributed by atoms with Crippen LogP contribution < -0.4 is 5.32 Å². The molecule has 2 aliphatic heterocycles. The molecule has 156 valence electrons. The Morgan fingerprint density at radius 1 is 1.23 bits per heavy atom. The number of hydrogen-bond acceptors (Lipinski definition) is 6. The number of carbonyl (C=O) groups excluding carboxylic acids is 3. The second kappa shape index (κ2) is 9.31. The zero-order valence-corrected chi connectivity index (χ0v) is 18.3. The fourth-order valence-corrected chi connectivity index (χ4v) is 5.08. The van der Waals surface area contributed by atoms with Gasteiger partial charge in [0, 0.05) is 29.5 Å². The molecule has 7 heteroatoms. The first-order chi connectivity index (χ1) is 14.4. The number of rotatable bonds is 8. The molecule has 6 nitrogen and oxygen atoms in total. The number of thioether (sulfide) groups is 1. The molecule has 2 aliphatic rings. The SMILES string of the molecule is CCC[C@@H]1C(C#N)=C(SCCCN2C(=O)c3ccccc3C2=O)NC(C)=C1C(C)=O. The summed E-state index contributed by atoms with van der Waals surface area (Å²) in [7, 11) is 0. The highest BCUT2D eigenvalue weighted by atomic mass is 32.2. The van der Waals surface area contributed by atoms with Crippen LogP contribution in [0.15, 0.2) is 46.1 Å². The van der Waals surface area contributed by atoms with Crippen molar-refractivity contribution < 1.29 is 14.4 Å². The number of dihydropyridines is 1. The van der Waals surface area contributed by atoms with Crippen molar-refractivity contribution in [1.29, 1.82) is 5.26 Å². The van der Waals surface area contributed by atoms with E-state index in [-0.39, 0.29) is 23.5 Å². The summed E-state index contributed by atoms with van der Waals surface area (Å²) in [5.74, 6) is -0.0524. The van der Waals surface area contributed by atoms with E-state index < -0.39 is 0 Å². The van der Waals surface area contributed by atoms with Gasteiger partial charge in [0.05, 0.1) is 27.8 Å². The number of amides is 2. The Kier molecular flexibility index (Phi) is 6.78. The minimum Gasteiger partial charge on any atom is -0.353 e. The molecule has 1 N–H and O–H groups in total.